The predicted molar refractivity (Wildman–Crippen MR) is 45.2 cm³/mol. The lowest BCUT2D eigenvalue weighted by Crippen LogP contribution is -2.30. The third-order valence-corrected chi connectivity index (χ3v) is 2.07. The third kappa shape index (κ3) is 2.81. The number of carbonyl (C=O) groups is 2. The Bertz CT molecular complexity index is 194. The molecule has 0 spiro atoms. The molecule has 0 aromatic heterocycles. The quantitative estimate of drug-likeness (QED) is 0.477. The van der Waals surface area contributed by atoms with E-state index in [4.69, 9.17) is 4.74 Å². The molecule has 1 saturated heterocycles. The van der Waals surface area contributed by atoms with Crippen molar-refractivity contribution in [2.45, 2.75) is 19.8 Å². The molecule has 1 heterocycles. The molecule has 0 atom stereocenters. The summed E-state index contributed by atoms with van der Waals surface area (Å²) in [5, 5.41) is 0. The summed E-state index contributed by atoms with van der Waals surface area (Å²) < 4.78 is 9.71. The maximum Gasteiger partial charge on any atom is 0.374 e. The first-order valence-electron chi connectivity index (χ1n) is 4.54. The highest BCUT2D eigenvalue weighted by atomic mass is 16.5. The zero-order chi connectivity index (χ0) is 9.68. The van der Waals surface area contributed by atoms with Crippen LogP contribution in [0.5, 0.6) is 0 Å². The molecule has 0 saturated carbocycles. The SMILES string of the molecule is CCOC(=O)C(=O)C1CCOCC1. The van der Waals surface area contributed by atoms with Gasteiger partial charge < -0.3 is 9.47 Å². The molecule has 4 heteroatoms. The van der Waals surface area contributed by atoms with E-state index in [1.807, 2.05) is 0 Å². The molecule has 0 aromatic rings. The zero-order valence-corrected chi connectivity index (χ0v) is 7.75. The third-order valence-electron chi connectivity index (χ3n) is 2.07. The Balaban J connectivity index is 2.40. The van der Waals surface area contributed by atoms with Gasteiger partial charge in [0.15, 0.2) is 0 Å². The first-order valence-corrected chi connectivity index (χ1v) is 4.54. The second-order valence-electron chi connectivity index (χ2n) is 2.97. The van der Waals surface area contributed by atoms with Crippen molar-refractivity contribution in [3.8, 4) is 0 Å². The number of esters is 1. The number of ketones is 1. The summed E-state index contributed by atoms with van der Waals surface area (Å²) in [6.45, 7) is 3.08. The molecule has 1 aliphatic heterocycles. The Morgan fingerprint density at radius 1 is 1.38 bits per heavy atom. The maximum atomic E-state index is 11.4. The van der Waals surface area contributed by atoms with Gasteiger partial charge in [0.05, 0.1) is 6.61 Å². The Labute approximate surface area is 77.2 Å². The van der Waals surface area contributed by atoms with Gasteiger partial charge in [-0.1, -0.05) is 0 Å². The Hall–Kier alpha value is -0.900. The van der Waals surface area contributed by atoms with E-state index >= 15 is 0 Å². The summed E-state index contributed by atoms with van der Waals surface area (Å²) in [4.78, 5) is 22.4. The fourth-order valence-corrected chi connectivity index (χ4v) is 1.33. The number of rotatable bonds is 3. The van der Waals surface area contributed by atoms with Crippen LogP contribution in [-0.2, 0) is 19.1 Å². The average molecular weight is 186 g/mol. The van der Waals surface area contributed by atoms with E-state index in [1.165, 1.54) is 0 Å². The first kappa shape index (κ1) is 10.2. The van der Waals surface area contributed by atoms with Crippen LogP contribution >= 0.6 is 0 Å². The van der Waals surface area contributed by atoms with E-state index in [-0.39, 0.29) is 12.5 Å². The van der Waals surface area contributed by atoms with E-state index in [0.29, 0.717) is 26.1 Å². The summed E-state index contributed by atoms with van der Waals surface area (Å²) >= 11 is 0. The summed E-state index contributed by atoms with van der Waals surface area (Å²) in [7, 11) is 0. The molecular weight excluding hydrogens is 172 g/mol. The van der Waals surface area contributed by atoms with Gasteiger partial charge >= 0.3 is 5.97 Å². The molecule has 1 rings (SSSR count). The second-order valence-corrected chi connectivity index (χ2v) is 2.97. The van der Waals surface area contributed by atoms with Gasteiger partial charge in [0.1, 0.15) is 0 Å². The fraction of sp³-hybridized carbons (Fsp3) is 0.778. The van der Waals surface area contributed by atoms with Crippen LogP contribution in [0.25, 0.3) is 0 Å². The Morgan fingerprint density at radius 3 is 2.54 bits per heavy atom. The molecule has 0 bridgehead atoms. The van der Waals surface area contributed by atoms with Crippen molar-refractivity contribution in [2.24, 2.45) is 5.92 Å². The van der Waals surface area contributed by atoms with Crippen LogP contribution < -0.4 is 0 Å². The van der Waals surface area contributed by atoms with Crippen LogP contribution in [-0.4, -0.2) is 31.6 Å². The number of hydrogen-bond donors (Lipinski definition) is 0. The lowest BCUT2D eigenvalue weighted by atomic mass is 9.95. The molecule has 0 amide bonds. The molecule has 0 aliphatic carbocycles. The van der Waals surface area contributed by atoms with Crippen LogP contribution in [0.3, 0.4) is 0 Å². The lowest BCUT2D eigenvalue weighted by molar-refractivity contribution is -0.156. The lowest BCUT2D eigenvalue weighted by Gasteiger charge is -2.19. The van der Waals surface area contributed by atoms with Crippen LogP contribution in [0.1, 0.15) is 19.8 Å². The highest BCUT2D eigenvalue weighted by Gasteiger charge is 2.27. The highest BCUT2D eigenvalue weighted by Crippen LogP contribution is 2.16. The van der Waals surface area contributed by atoms with Gasteiger partial charge in [0, 0.05) is 19.1 Å². The molecule has 4 nitrogen and oxygen atoms in total. The van der Waals surface area contributed by atoms with Crippen molar-refractivity contribution < 1.29 is 19.1 Å². The summed E-state index contributed by atoms with van der Waals surface area (Å²) in [5.74, 6) is -1.28. The van der Waals surface area contributed by atoms with E-state index in [1.54, 1.807) is 6.92 Å². The minimum absolute atomic E-state index is 0.187. The fourth-order valence-electron chi connectivity index (χ4n) is 1.33. The average Bonchev–Trinajstić information content (AvgIpc) is 2.18. The molecule has 1 aliphatic rings. The molecule has 13 heavy (non-hydrogen) atoms. The van der Waals surface area contributed by atoms with E-state index in [2.05, 4.69) is 4.74 Å². The van der Waals surface area contributed by atoms with Crippen molar-refractivity contribution in [3.05, 3.63) is 0 Å². The number of ether oxygens (including phenoxy) is 2. The molecular formula is C9H14O4. The van der Waals surface area contributed by atoms with Gasteiger partial charge in [-0.15, -0.1) is 0 Å². The van der Waals surface area contributed by atoms with E-state index in [9.17, 15) is 9.59 Å². The van der Waals surface area contributed by atoms with Crippen molar-refractivity contribution in [1.29, 1.82) is 0 Å². The van der Waals surface area contributed by atoms with Gasteiger partial charge in [-0.2, -0.15) is 0 Å². The topological polar surface area (TPSA) is 52.6 Å². The summed E-state index contributed by atoms with van der Waals surface area (Å²) in [6, 6.07) is 0. The van der Waals surface area contributed by atoms with E-state index < -0.39 is 11.8 Å². The van der Waals surface area contributed by atoms with Crippen LogP contribution in [0.4, 0.5) is 0 Å². The molecule has 0 N–H and O–H groups in total. The molecule has 0 radical (unpaired) electrons. The van der Waals surface area contributed by atoms with E-state index in [0.717, 1.165) is 0 Å². The zero-order valence-electron chi connectivity index (χ0n) is 7.75. The largest absolute Gasteiger partial charge is 0.460 e. The standard InChI is InChI=1S/C9H14O4/c1-2-13-9(11)8(10)7-3-5-12-6-4-7/h7H,2-6H2,1H3. The molecule has 0 aromatic carbocycles. The smallest absolute Gasteiger partial charge is 0.374 e. The highest BCUT2D eigenvalue weighted by molar-refractivity contribution is 6.34. The Kier molecular flexibility index (Phi) is 3.89. The first-order chi connectivity index (χ1) is 6.25. The second kappa shape index (κ2) is 4.97. The van der Waals surface area contributed by atoms with Crippen molar-refractivity contribution >= 4 is 11.8 Å². The van der Waals surface area contributed by atoms with Crippen molar-refractivity contribution in [3.63, 3.8) is 0 Å². The van der Waals surface area contributed by atoms with Gasteiger partial charge in [-0.25, -0.2) is 4.79 Å². The number of Topliss-reactive ketones (excluding diaryl/α,β-unsaturated/α-hetero) is 1. The van der Waals surface area contributed by atoms with Gasteiger partial charge in [0.25, 0.3) is 0 Å². The predicted octanol–water partition coefficient (Wildman–Crippen LogP) is 0.545. The van der Waals surface area contributed by atoms with Crippen LogP contribution in [0, 0.1) is 5.92 Å². The molecule has 74 valence electrons. The summed E-state index contributed by atoms with van der Waals surface area (Å²) in [6.07, 6.45) is 1.27. The van der Waals surface area contributed by atoms with Crippen molar-refractivity contribution in [1.82, 2.24) is 0 Å². The van der Waals surface area contributed by atoms with Gasteiger partial charge in [-0.3, -0.25) is 4.79 Å². The summed E-state index contributed by atoms with van der Waals surface area (Å²) in [5.41, 5.74) is 0. The minimum Gasteiger partial charge on any atom is -0.460 e. The molecule has 0 unspecified atom stereocenters. The van der Waals surface area contributed by atoms with Gasteiger partial charge in [-0.05, 0) is 19.8 Å². The normalized spacial score (nSPS) is 18.2. The number of carbonyl (C=O) groups excluding carboxylic acids is 2. The van der Waals surface area contributed by atoms with Gasteiger partial charge in [0.2, 0.25) is 5.78 Å². The Morgan fingerprint density at radius 2 is 2.00 bits per heavy atom. The van der Waals surface area contributed by atoms with Crippen LogP contribution in [0.15, 0.2) is 0 Å². The number of hydrogen-bond acceptors (Lipinski definition) is 4. The monoisotopic (exact) mass is 186 g/mol. The minimum atomic E-state index is -0.700. The van der Waals surface area contributed by atoms with Crippen molar-refractivity contribution in [2.75, 3.05) is 19.8 Å². The molecule has 1 fully saturated rings. The maximum absolute atomic E-state index is 11.4. The van der Waals surface area contributed by atoms with Crippen LogP contribution in [0.2, 0.25) is 0 Å².